The number of imidazole rings is 1. The predicted octanol–water partition coefficient (Wildman–Crippen LogP) is 4.83. The molecule has 2 nitrogen and oxygen atoms in total. The van der Waals surface area contributed by atoms with Crippen LogP contribution in [0.5, 0.6) is 0 Å². The number of rotatable bonds is 5. The van der Waals surface area contributed by atoms with Crippen molar-refractivity contribution in [2.45, 2.75) is 39.2 Å². The summed E-state index contributed by atoms with van der Waals surface area (Å²) < 4.78 is 2.24. The molecular formula is C14H18Cl2N2. The summed E-state index contributed by atoms with van der Waals surface area (Å²) in [4.78, 5) is 4.70. The van der Waals surface area contributed by atoms with E-state index in [1.165, 1.54) is 0 Å². The van der Waals surface area contributed by atoms with Gasteiger partial charge in [-0.2, -0.15) is 0 Å². The van der Waals surface area contributed by atoms with Crippen LogP contribution in [0.15, 0.2) is 18.2 Å². The lowest BCUT2D eigenvalue weighted by Gasteiger charge is -2.13. The Balaban J connectivity index is 2.45. The fraction of sp³-hybridized carbons (Fsp3) is 0.500. The van der Waals surface area contributed by atoms with Crippen LogP contribution in [0.3, 0.4) is 0 Å². The molecule has 0 fully saturated rings. The molecule has 0 bridgehead atoms. The van der Waals surface area contributed by atoms with Gasteiger partial charge in [0.2, 0.25) is 0 Å². The standard InChI is InChI=1S/C14H18Cl2N2/c1-10(2)18-13(8-3-4-9-15)17-12-7-5-6-11(16)14(12)18/h5-7,10H,3-4,8-9H2,1-2H3. The fourth-order valence-corrected chi connectivity index (χ4v) is 2.71. The van der Waals surface area contributed by atoms with Crippen molar-refractivity contribution in [2.75, 3.05) is 5.88 Å². The summed E-state index contributed by atoms with van der Waals surface area (Å²) in [5, 5.41) is 0.775. The van der Waals surface area contributed by atoms with Crippen LogP contribution in [0.1, 0.15) is 38.6 Å². The second-order valence-corrected chi connectivity index (χ2v) is 5.53. The second-order valence-electron chi connectivity index (χ2n) is 4.75. The Morgan fingerprint density at radius 3 is 2.72 bits per heavy atom. The average Bonchev–Trinajstić information content (AvgIpc) is 2.69. The van der Waals surface area contributed by atoms with Gasteiger partial charge < -0.3 is 4.57 Å². The maximum Gasteiger partial charge on any atom is 0.110 e. The van der Waals surface area contributed by atoms with Gasteiger partial charge in [0.25, 0.3) is 0 Å². The minimum Gasteiger partial charge on any atom is -0.324 e. The first-order valence-corrected chi connectivity index (χ1v) is 7.27. The highest BCUT2D eigenvalue weighted by Gasteiger charge is 2.14. The SMILES string of the molecule is CC(C)n1c(CCCCCl)nc2cccc(Cl)c21. The number of aryl methyl sites for hydroxylation is 1. The largest absolute Gasteiger partial charge is 0.324 e. The van der Waals surface area contributed by atoms with Gasteiger partial charge in [-0.3, -0.25) is 0 Å². The highest BCUT2D eigenvalue weighted by Crippen LogP contribution is 2.28. The van der Waals surface area contributed by atoms with Crippen LogP contribution in [0, 0.1) is 0 Å². The lowest BCUT2D eigenvalue weighted by Crippen LogP contribution is -2.06. The first kappa shape index (κ1) is 13.7. The van der Waals surface area contributed by atoms with Gasteiger partial charge in [0.05, 0.1) is 16.1 Å². The minimum absolute atomic E-state index is 0.362. The zero-order valence-corrected chi connectivity index (χ0v) is 12.3. The molecule has 1 aromatic heterocycles. The Kier molecular flexibility index (Phi) is 4.52. The van der Waals surface area contributed by atoms with Crippen molar-refractivity contribution in [1.82, 2.24) is 9.55 Å². The van der Waals surface area contributed by atoms with Crippen molar-refractivity contribution in [1.29, 1.82) is 0 Å². The van der Waals surface area contributed by atoms with Crippen molar-refractivity contribution in [3.8, 4) is 0 Å². The molecule has 0 saturated carbocycles. The lowest BCUT2D eigenvalue weighted by atomic mass is 10.2. The molecule has 0 amide bonds. The smallest absolute Gasteiger partial charge is 0.110 e. The number of nitrogens with zero attached hydrogens (tertiary/aromatic N) is 2. The molecule has 0 spiro atoms. The third kappa shape index (κ3) is 2.65. The molecule has 0 unspecified atom stereocenters. The zero-order valence-electron chi connectivity index (χ0n) is 10.8. The summed E-state index contributed by atoms with van der Waals surface area (Å²) in [5.74, 6) is 1.82. The Morgan fingerprint density at radius 1 is 1.28 bits per heavy atom. The molecule has 1 heterocycles. The van der Waals surface area contributed by atoms with Crippen LogP contribution in [0.25, 0.3) is 11.0 Å². The topological polar surface area (TPSA) is 17.8 Å². The Morgan fingerprint density at radius 2 is 2.06 bits per heavy atom. The van der Waals surface area contributed by atoms with Gasteiger partial charge in [-0.05, 0) is 38.8 Å². The second kappa shape index (κ2) is 5.94. The van der Waals surface area contributed by atoms with E-state index < -0.39 is 0 Å². The van der Waals surface area contributed by atoms with Crippen molar-refractivity contribution in [3.63, 3.8) is 0 Å². The quantitative estimate of drug-likeness (QED) is 0.568. The summed E-state index contributed by atoms with van der Waals surface area (Å²) in [6.07, 6.45) is 3.05. The summed E-state index contributed by atoms with van der Waals surface area (Å²) in [5.41, 5.74) is 2.03. The Bertz CT molecular complexity index is 532. The molecular weight excluding hydrogens is 267 g/mol. The highest BCUT2D eigenvalue weighted by atomic mass is 35.5. The summed E-state index contributed by atoms with van der Waals surface area (Å²) in [6, 6.07) is 6.25. The lowest BCUT2D eigenvalue weighted by molar-refractivity contribution is 0.574. The molecule has 98 valence electrons. The third-order valence-corrected chi connectivity index (χ3v) is 3.61. The minimum atomic E-state index is 0.362. The Hall–Kier alpha value is -0.730. The predicted molar refractivity (Wildman–Crippen MR) is 78.8 cm³/mol. The summed E-state index contributed by atoms with van der Waals surface area (Å²) >= 11 is 12.0. The first-order chi connectivity index (χ1) is 8.65. The van der Waals surface area contributed by atoms with E-state index in [1.807, 2.05) is 18.2 Å². The maximum absolute atomic E-state index is 6.30. The third-order valence-electron chi connectivity index (χ3n) is 3.03. The maximum atomic E-state index is 6.30. The highest BCUT2D eigenvalue weighted by molar-refractivity contribution is 6.35. The van der Waals surface area contributed by atoms with Crippen LogP contribution >= 0.6 is 23.2 Å². The van der Waals surface area contributed by atoms with E-state index in [0.29, 0.717) is 11.9 Å². The van der Waals surface area contributed by atoms with Gasteiger partial charge in [0.15, 0.2) is 0 Å². The number of benzene rings is 1. The van der Waals surface area contributed by atoms with Crippen LogP contribution in [0.2, 0.25) is 5.02 Å². The molecule has 0 aliphatic rings. The molecule has 0 N–H and O–H groups in total. The van der Waals surface area contributed by atoms with Gasteiger partial charge in [-0.15, -0.1) is 11.6 Å². The number of halogens is 2. The number of aromatic nitrogens is 2. The van der Waals surface area contributed by atoms with Crippen molar-refractivity contribution >= 4 is 34.2 Å². The molecule has 0 aliphatic carbocycles. The van der Waals surface area contributed by atoms with Crippen LogP contribution in [0.4, 0.5) is 0 Å². The molecule has 0 aliphatic heterocycles. The van der Waals surface area contributed by atoms with Crippen molar-refractivity contribution < 1.29 is 0 Å². The van der Waals surface area contributed by atoms with Gasteiger partial charge in [-0.1, -0.05) is 17.7 Å². The molecule has 2 aromatic rings. The fourth-order valence-electron chi connectivity index (χ4n) is 2.26. The van der Waals surface area contributed by atoms with Gasteiger partial charge in [-0.25, -0.2) is 4.98 Å². The Labute approximate surface area is 118 Å². The van der Waals surface area contributed by atoms with E-state index in [2.05, 4.69) is 18.4 Å². The van der Waals surface area contributed by atoms with Gasteiger partial charge >= 0.3 is 0 Å². The molecule has 1 aromatic carbocycles. The molecule has 18 heavy (non-hydrogen) atoms. The van der Waals surface area contributed by atoms with E-state index in [1.54, 1.807) is 0 Å². The van der Waals surface area contributed by atoms with E-state index in [0.717, 1.165) is 41.1 Å². The normalized spacial score (nSPS) is 11.6. The summed E-state index contributed by atoms with van der Waals surface area (Å²) in [7, 11) is 0. The van der Waals surface area contributed by atoms with E-state index in [-0.39, 0.29) is 0 Å². The summed E-state index contributed by atoms with van der Waals surface area (Å²) in [6.45, 7) is 4.32. The zero-order chi connectivity index (χ0) is 13.1. The first-order valence-electron chi connectivity index (χ1n) is 6.36. The number of para-hydroxylation sites is 1. The number of alkyl halides is 1. The van der Waals surface area contributed by atoms with Crippen LogP contribution in [-0.2, 0) is 6.42 Å². The number of hydrogen-bond donors (Lipinski definition) is 0. The molecule has 0 radical (unpaired) electrons. The van der Waals surface area contributed by atoms with Gasteiger partial charge in [0, 0.05) is 18.3 Å². The molecule has 4 heteroatoms. The van der Waals surface area contributed by atoms with Gasteiger partial charge in [0.1, 0.15) is 5.82 Å². The monoisotopic (exact) mass is 284 g/mol. The van der Waals surface area contributed by atoms with E-state index in [4.69, 9.17) is 28.2 Å². The van der Waals surface area contributed by atoms with Crippen molar-refractivity contribution in [3.05, 3.63) is 29.0 Å². The molecule has 2 rings (SSSR count). The molecule has 0 saturated heterocycles. The number of hydrogen-bond acceptors (Lipinski definition) is 1. The van der Waals surface area contributed by atoms with Crippen LogP contribution in [-0.4, -0.2) is 15.4 Å². The molecule has 0 atom stereocenters. The average molecular weight is 285 g/mol. The number of fused-ring (bicyclic) bond motifs is 1. The van der Waals surface area contributed by atoms with E-state index in [9.17, 15) is 0 Å². The van der Waals surface area contributed by atoms with Crippen molar-refractivity contribution in [2.24, 2.45) is 0 Å². The number of unbranched alkanes of at least 4 members (excludes halogenated alkanes) is 1. The van der Waals surface area contributed by atoms with E-state index >= 15 is 0 Å². The van der Waals surface area contributed by atoms with Crippen LogP contribution < -0.4 is 0 Å².